The highest BCUT2D eigenvalue weighted by molar-refractivity contribution is 6.30. The van der Waals surface area contributed by atoms with Crippen LogP contribution in [0.25, 0.3) is 0 Å². The van der Waals surface area contributed by atoms with Crippen LogP contribution in [-0.4, -0.2) is 22.2 Å². The molecular formula is C14H12ClNO4. The van der Waals surface area contributed by atoms with E-state index in [9.17, 15) is 4.79 Å². The van der Waals surface area contributed by atoms with E-state index in [1.54, 1.807) is 36.4 Å². The van der Waals surface area contributed by atoms with E-state index in [0.717, 1.165) is 0 Å². The van der Waals surface area contributed by atoms with Crippen molar-refractivity contribution in [2.75, 3.05) is 0 Å². The summed E-state index contributed by atoms with van der Waals surface area (Å²) in [7, 11) is 0. The number of ether oxygens (including phenoxy) is 2. The van der Waals surface area contributed by atoms with Gasteiger partial charge in [0.25, 0.3) is 0 Å². The molecule has 0 saturated heterocycles. The Morgan fingerprint density at radius 3 is 2.55 bits per heavy atom. The van der Waals surface area contributed by atoms with Gasteiger partial charge < -0.3 is 14.6 Å². The fourth-order valence-corrected chi connectivity index (χ4v) is 1.52. The number of rotatable bonds is 5. The Morgan fingerprint density at radius 2 is 1.95 bits per heavy atom. The van der Waals surface area contributed by atoms with Gasteiger partial charge in [0.05, 0.1) is 5.02 Å². The van der Waals surface area contributed by atoms with E-state index in [1.807, 2.05) is 0 Å². The van der Waals surface area contributed by atoms with Crippen LogP contribution in [0.1, 0.15) is 6.92 Å². The molecule has 1 heterocycles. The monoisotopic (exact) mass is 293 g/mol. The summed E-state index contributed by atoms with van der Waals surface area (Å²) >= 11 is 5.74. The second-order valence-electron chi connectivity index (χ2n) is 3.96. The maximum atomic E-state index is 10.8. The van der Waals surface area contributed by atoms with Gasteiger partial charge in [-0.25, -0.2) is 9.78 Å². The molecule has 0 fully saturated rings. The van der Waals surface area contributed by atoms with Gasteiger partial charge in [-0.15, -0.1) is 0 Å². The van der Waals surface area contributed by atoms with E-state index in [2.05, 4.69) is 4.98 Å². The summed E-state index contributed by atoms with van der Waals surface area (Å²) in [6, 6.07) is 10.0. The molecular weight excluding hydrogens is 282 g/mol. The molecule has 20 heavy (non-hydrogen) atoms. The predicted octanol–water partition coefficient (Wildman–Crippen LogP) is 3.38. The van der Waals surface area contributed by atoms with Gasteiger partial charge in [0.15, 0.2) is 17.6 Å². The first-order valence-corrected chi connectivity index (χ1v) is 6.22. The zero-order valence-corrected chi connectivity index (χ0v) is 11.4. The van der Waals surface area contributed by atoms with E-state index < -0.39 is 12.1 Å². The molecule has 0 aliphatic rings. The third kappa shape index (κ3) is 3.61. The molecule has 1 atom stereocenters. The number of carboxylic acids is 1. The lowest BCUT2D eigenvalue weighted by Gasteiger charge is -2.14. The second-order valence-corrected chi connectivity index (χ2v) is 4.40. The Morgan fingerprint density at radius 1 is 1.25 bits per heavy atom. The van der Waals surface area contributed by atoms with Gasteiger partial charge >= 0.3 is 5.97 Å². The van der Waals surface area contributed by atoms with Crippen LogP contribution in [0.3, 0.4) is 0 Å². The Balaban J connectivity index is 2.19. The minimum atomic E-state index is -1.05. The van der Waals surface area contributed by atoms with Gasteiger partial charge in [-0.1, -0.05) is 23.7 Å². The lowest BCUT2D eigenvalue weighted by molar-refractivity contribution is -0.144. The maximum absolute atomic E-state index is 10.8. The number of para-hydroxylation sites is 2. The standard InChI is InChI=1S/C14H12ClNO4/c1-9(14(17)18)19-11-4-2-3-5-12(11)20-13-7-6-10(15)8-16-13/h2-9H,1H3,(H,17,18). The van der Waals surface area contributed by atoms with Crippen molar-refractivity contribution < 1.29 is 19.4 Å². The molecule has 0 aliphatic heterocycles. The fourth-order valence-electron chi connectivity index (χ4n) is 1.41. The third-order valence-electron chi connectivity index (χ3n) is 2.42. The highest BCUT2D eigenvalue weighted by atomic mass is 35.5. The van der Waals surface area contributed by atoms with Crippen molar-refractivity contribution in [3.63, 3.8) is 0 Å². The van der Waals surface area contributed by atoms with E-state index in [1.165, 1.54) is 13.1 Å². The highest BCUT2D eigenvalue weighted by Crippen LogP contribution is 2.31. The van der Waals surface area contributed by atoms with Crippen molar-refractivity contribution in [2.45, 2.75) is 13.0 Å². The van der Waals surface area contributed by atoms with Gasteiger partial charge in [-0.2, -0.15) is 0 Å². The SMILES string of the molecule is CC(Oc1ccccc1Oc1ccc(Cl)cn1)C(=O)O. The van der Waals surface area contributed by atoms with Gasteiger partial charge in [0.2, 0.25) is 5.88 Å². The number of carboxylic acid groups (broad SMARTS) is 1. The summed E-state index contributed by atoms with van der Waals surface area (Å²) < 4.78 is 10.9. The first kappa shape index (κ1) is 14.1. The van der Waals surface area contributed by atoms with E-state index in [4.69, 9.17) is 26.2 Å². The number of carbonyl (C=O) groups is 1. The average molecular weight is 294 g/mol. The molecule has 2 rings (SSSR count). The Bertz CT molecular complexity index is 600. The molecule has 1 unspecified atom stereocenters. The van der Waals surface area contributed by atoms with Crippen molar-refractivity contribution in [2.24, 2.45) is 0 Å². The Hall–Kier alpha value is -2.27. The van der Waals surface area contributed by atoms with Crippen molar-refractivity contribution in [3.05, 3.63) is 47.6 Å². The number of hydrogen-bond donors (Lipinski definition) is 1. The lowest BCUT2D eigenvalue weighted by Crippen LogP contribution is -2.23. The Labute approximate surface area is 120 Å². The molecule has 6 heteroatoms. The molecule has 1 aromatic heterocycles. The molecule has 1 aromatic carbocycles. The molecule has 104 valence electrons. The van der Waals surface area contributed by atoms with Crippen molar-refractivity contribution in [1.82, 2.24) is 4.98 Å². The van der Waals surface area contributed by atoms with Crippen LogP contribution in [0.15, 0.2) is 42.6 Å². The van der Waals surface area contributed by atoms with Crippen LogP contribution >= 0.6 is 11.6 Å². The molecule has 0 spiro atoms. The average Bonchev–Trinajstić information content (AvgIpc) is 2.43. The number of nitrogens with zero attached hydrogens (tertiary/aromatic N) is 1. The zero-order valence-electron chi connectivity index (χ0n) is 10.6. The van der Waals surface area contributed by atoms with E-state index >= 15 is 0 Å². The van der Waals surface area contributed by atoms with Gasteiger partial charge in [0, 0.05) is 12.3 Å². The summed E-state index contributed by atoms with van der Waals surface area (Å²) in [6.07, 6.45) is 0.484. The van der Waals surface area contributed by atoms with Crippen LogP contribution in [0.4, 0.5) is 0 Å². The van der Waals surface area contributed by atoms with Gasteiger partial charge in [0.1, 0.15) is 0 Å². The first-order chi connectivity index (χ1) is 9.56. The number of pyridine rings is 1. The van der Waals surface area contributed by atoms with E-state index in [-0.39, 0.29) is 0 Å². The van der Waals surface area contributed by atoms with Crippen LogP contribution in [0.2, 0.25) is 5.02 Å². The van der Waals surface area contributed by atoms with Crippen LogP contribution in [0.5, 0.6) is 17.4 Å². The molecule has 0 aliphatic carbocycles. The zero-order chi connectivity index (χ0) is 14.5. The fraction of sp³-hybridized carbons (Fsp3) is 0.143. The summed E-state index contributed by atoms with van der Waals surface area (Å²) in [5.74, 6) is 0.00687. The first-order valence-electron chi connectivity index (χ1n) is 5.84. The summed E-state index contributed by atoms with van der Waals surface area (Å²) in [6.45, 7) is 1.44. The minimum absolute atomic E-state index is 0.333. The molecule has 1 N–H and O–H groups in total. The van der Waals surface area contributed by atoms with Crippen molar-refractivity contribution in [3.8, 4) is 17.4 Å². The molecule has 0 radical (unpaired) electrons. The van der Waals surface area contributed by atoms with Crippen molar-refractivity contribution >= 4 is 17.6 Å². The van der Waals surface area contributed by atoms with Crippen LogP contribution in [0, 0.1) is 0 Å². The quantitative estimate of drug-likeness (QED) is 0.915. The minimum Gasteiger partial charge on any atom is -0.479 e. The summed E-state index contributed by atoms with van der Waals surface area (Å²) in [4.78, 5) is 14.8. The summed E-state index contributed by atoms with van der Waals surface area (Å²) in [5, 5.41) is 9.36. The second kappa shape index (κ2) is 6.25. The molecule has 0 bridgehead atoms. The number of aromatic nitrogens is 1. The third-order valence-corrected chi connectivity index (χ3v) is 2.64. The van der Waals surface area contributed by atoms with Crippen LogP contribution < -0.4 is 9.47 Å². The molecule has 5 nitrogen and oxygen atoms in total. The number of hydrogen-bond acceptors (Lipinski definition) is 4. The van der Waals surface area contributed by atoms with Crippen LogP contribution in [-0.2, 0) is 4.79 Å². The normalized spacial score (nSPS) is 11.7. The smallest absolute Gasteiger partial charge is 0.344 e. The number of halogens is 1. The molecule has 0 saturated carbocycles. The lowest BCUT2D eigenvalue weighted by atomic mass is 10.3. The van der Waals surface area contributed by atoms with E-state index in [0.29, 0.717) is 22.4 Å². The van der Waals surface area contributed by atoms with Gasteiger partial charge in [-0.05, 0) is 25.1 Å². The predicted molar refractivity (Wildman–Crippen MR) is 73.5 cm³/mol. The van der Waals surface area contributed by atoms with Gasteiger partial charge in [-0.3, -0.25) is 0 Å². The topological polar surface area (TPSA) is 68.7 Å². The molecule has 0 amide bonds. The maximum Gasteiger partial charge on any atom is 0.344 e. The Kier molecular flexibility index (Phi) is 4.42. The highest BCUT2D eigenvalue weighted by Gasteiger charge is 2.15. The largest absolute Gasteiger partial charge is 0.479 e. The number of aliphatic carboxylic acids is 1. The van der Waals surface area contributed by atoms with Crippen molar-refractivity contribution in [1.29, 1.82) is 0 Å². The molecule has 2 aromatic rings. The summed E-state index contributed by atoms with van der Waals surface area (Å²) in [5.41, 5.74) is 0. The number of benzene rings is 1.